The Bertz CT molecular complexity index is 243. The molecule has 0 heterocycles. The van der Waals surface area contributed by atoms with Crippen molar-refractivity contribution in [3.8, 4) is 0 Å². The fourth-order valence-electron chi connectivity index (χ4n) is 1.32. The van der Waals surface area contributed by atoms with Crippen LogP contribution in [-0.4, -0.2) is 23.0 Å². The van der Waals surface area contributed by atoms with Gasteiger partial charge in [0.25, 0.3) is 0 Å². The van der Waals surface area contributed by atoms with Crippen LogP contribution < -0.4 is 0 Å². The minimum Gasteiger partial charge on any atom is -0.782 e. The second-order valence-electron chi connectivity index (χ2n) is 5.94. The second-order valence-corrected chi connectivity index (χ2v) is 7.26. The molecule has 0 radical (unpaired) electrons. The van der Waals surface area contributed by atoms with E-state index in [2.05, 4.69) is 0 Å². The second kappa shape index (κ2) is 5.54. The van der Waals surface area contributed by atoms with Gasteiger partial charge in [0.15, 0.2) is 0 Å². The van der Waals surface area contributed by atoms with Crippen LogP contribution in [-0.2, 0) is 9.09 Å². The van der Waals surface area contributed by atoms with Crippen molar-refractivity contribution >= 4 is 8.03 Å². The molecule has 0 saturated carbocycles. The lowest BCUT2D eigenvalue weighted by Crippen LogP contribution is -2.48. The molecule has 0 rings (SSSR count). The summed E-state index contributed by atoms with van der Waals surface area (Å²) in [6.07, 6.45) is 0. The van der Waals surface area contributed by atoms with E-state index in [0.717, 1.165) is 5.06 Å². The fourth-order valence-corrected chi connectivity index (χ4v) is 2.86. The molecule has 0 bridgehead atoms. The minimum atomic E-state index is -1.97. The van der Waals surface area contributed by atoms with Gasteiger partial charge >= 0.3 is 8.03 Å². The van der Waals surface area contributed by atoms with Crippen molar-refractivity contribution in [1.82, 2.24) is 5.06 Å². The summed E-state index contributed by atoms with van der Waals surface area (Å²) in [6, 6.07) is 0. The maximum atomic E-state index is 12.2. The zero-order valence-electron chi connectivity index (χ0n) is 11.4. The van der Waals surface area contributed by atoms with Crippen LogP contribution in [0.4, 0.5) is 0 Å². The molecule has 0 aromatic rings. The monoisotopic (exact) mass is 249 g/mol. The van der Waals surface area contributed by atoms with Crippen LogP contribution in [0, 0.1) is 10.6 Å². The summed E-state index contributed by atoms with van der Waals surface area (Å²) in [6.45, 7) is 13.3. The molecule has 2 unspecified atom stereocenters. The summed E-state index contributed by atoms with van der Waals surface area (Å²) in [4.78, 5) is 0. The summed E-state index contributed by atoms with van der Waals surface area (Å²) >= 11 is 0. The van der Waals surface area contributed by atoms with Crippen molar-refractivity contribution < 1.29 is 9.09 Å². The Balaban J connectivity index is 5.04. The zero-order chi connectivity index (χ0) is 13.1. The van der Waals surface area contributed by atoms with Crippen molar-refractivity contribution in [3.63, 3.8) is 0 Å². The lowest BCUT2D eigenvalue weighted by molar-refractivity contribution is 0.110. The highest BCUT2D eigenvalue weighted by molar-refractivity contribution is 7.40. The Morgan fingerprint density at radius 3 is 1.94 bits per heavy atom. The normalized spacial score (nSPS) is 16.4. The molecule has 16 heavy (non-hydrogen) atoms. The minimum absolute atomic E-state index is 0.361. The van der Waals surface area contributed by atoms with Crippen LogP contribution in [0.25, 0.3) is 0 Å². The van der Waals surface area contributed by atoms with Crippen molar-refractivity contribution in [2.24, 2.45) is 5.41 Å². The molecular formula is C11H24NO3P. The first-order valence-corrected chi connectivity index (χ1v) is 6.82. The maximum Gasteiger partial charge on any atom is 0.527 e. The quantitative estimate of drug-likeness (QED) is 0.562. The third-order valence-corrected chi connectivity index (χ3v) is 4.01. The predicted octanol–water partition coefficient (Wildman–Crippen LogP) is 3.74. The Morgan fingerprint density at radius 2 is 1.69 bits per heavy atom. The van der Waals surface area contributed by atoms with Gasteiger partial charge in [0, 0.05) is 11.0 Å². The molecule has 0 spiro atoms. The van der Waals surface area contributed by atoms with Gasteiger partial charge in [-0.15, -0.1) is 4.52 Å². The van der Waals surface area contributed by atoms with Crippen LogP contribution in [0.2, 0.25) is 0 Å². The average molecular weight is 249 g/mol. The Labute approximate surface area is 99.8 Å². The zero-order valence-corrected chi connectivity index (χ0v) is 12.3. The molecule has 0 N–H and O–H groups in total. The first-order chi connectivity index (χ1) is 7.01. The van der Waals surface area contributed by atoms with E-state index in [1.165, 1.54) is 0 Å². The maximum absolute atomic E-state index is 12.2. The molecular weight excluding hydrogens is 225 g/mol. The Morgan fingerprint density at radius 1 is 1.25 bits per heavy atom. The lowest BCUT2D eigenvalue weighted by Gasteiger charge is -2.45. The standard InChI is InChI=1S/C11H24NO3P/c1-8-15-16(14)9(10(2,3)4)12(13)11(5,6)7/h9H,8H2,1-7H3. The molecule has 0 saturated heterocycles. The Hall–Kier alpha value is -0.0200. The fraction of sp³-hybridized carbons (Fsp3) is 1.00. The van der Waals surface area contributed by atoms with E-state index in [4.69, 9.17) is 4.52 Å². The number of nitrogens with zero attached hydrogens (tertiary/aromatic N) is 1. The van der Waals surface area contributed by atoms with E-state index in [1.54, 1.807) is 6.92 Å². The highest BCUT2D eigenvalue weighted by Gasteiger charge is 2.46. The third-order valence-electron chi connectivity index (χ3n) is 2.11. The van der Waals surface area contributed by atoms with Crippen LogP contribution in [0.3, 0.4) is 0 Å². The van der Waals surface area contributed by atoms with E-state index in [-0.39, 0.29) is 5.41 Å². The number of hydroxylamine groups is 2. The van der Waals surface area contributed by atoms with Crippen molar-refractivity contribution in [1.29, 1.82) is 0 Å². The summed E-state index contributed by atoms with van der Waals surface area (Å²) in [5.74, 6) is -0.623. The average Bonchev–Trinajstić information content (AvgIpc) is 1.99. The molecule has 0 aliphatic rings. The van der Waals surface area contributed by atoms with Crippen molar-refractivity contribution in [2.45, 2.75) is 59.8 Å². The SMILES string of the molecule is CCO[P+](=O)C(N([O-])C(C)(C)C)C(C)(C)C. The number of hydrogen-bond acceptors (Lipinski definition) is 4. The van der Waals surface area contributed by atoms with Crippen molar-refractivity contribution in [3.05, 3.63) is 5.21 Å². The largest absolute Gasteiger partial charge is 0.782 e. The molecule has 0 amide bonds. The molecule has 0 aromatic heterocycles. The van der Waals surface area contributed by atoms with Gasteiger partial charge in [-0.2, -0.15) is 0 Å². The molecule has 2 atom stereocenters. The summed E-state index contributed by atoms with van der Waals surface area (Å²) in [5, 5.41) is 13.1. The molecule has 96 valence electrons. The van der Waals surface area contributed by atoms with E-state index >= 15 is 0 Å². The van der Waals surface area contributed by atoms with Gasteiger partial charge in [0.2, 0.25) is 5.78 Å². The topological polar surface area (TPSA) is 52.6 Å². The first-order valence-electron chi connectivity index (χ1n) is 5.57. The Kier molecular flexibility index (Phi) is 5.54. The smallest absolute Gasteiger partial charge is 0.527 e. The van der Waals surface area contributed by atoms with Crippen LogP contribution in [0.1, 0.15) is 48.5 Å². The first kappa shape index (κ1) is 16.0. The van der Waals surface area contributed by atoms with Gasteiger partial charge in [-0.1, -0.05) is 20.8 Å². The number of hydrogen-bond donors (Lipinski definition) is 0. The molecule has 0 aliphatic heterocycles. The molecule has 5 heteroatoms. The van der Waals surface area contributed by atoms with Gasteiger partial charge in [-0.3, -0.25) is 0 Å². The number of rotatable bonds is 4. The molecule has 0 aromatic carbocycles. The van der Waals surface area contributed by atoms with Gasteiger partial charge in [-0.05, 0) is 32.3 Å². The molecule has 0 fully saturated rings. The highest BCUT2D eigenvalue weighted by Crippen LogP contribution is 2.44. The van der Waals surface area contributed by atoms with Gasteiger partial charge in [0.05, 0.1) is 6.61 Å². The van der Waals surface area contributed by atoms with E-state index in [9.17, 15) is 9.77 Å². The van der Waals surface area contributed by atoms with Crippen LogP contribution in [0.15, 0.2) is 0 Å². The van der Waals surface area contributed by atoms with E-state index < -0.39 is 19.3 Å². The molecule has 4 nitrogen and oxygen atoms in total. The molecule has 0 aliphatic carbocycles. The summed E-state index contributed by atoms with van der Waals surface area (Å²) in [7, 11) is -1.97. The van der Waals surface area contributed by atoms with Gasteiger partial charge in [-0.25, -0.2) is 0 Å². The van der Waals surface area contributed by atoms with Gasteiger partial charge in [0.1, 0.15) is 0 Å². The summed E-state index contributed by atoms with van der Waals surface area (Å²) < 4.78 is 17.1. The van der Waals surface area contributed by atoms with E-state index in [0.29, 0.717) is 6.61 Å². The van der Waals surface area contributed by atoms with E-state index in [1.807, 2.05) is 41.5 Å². The van der Waals surface area contributed by atoms with Crippen LogP contribution >= 0.6 is 8.03 Å². The predicted molar refractivity (Wildman–Crippen MR) is 67.4 cm³/mol. The van der Waals surface area contributed by atoms with Gasteiger partial charge < -0.3 is 10.3 Å². The van der Waals surface area contributed by atoms with Crippen LogP contribution in [0.5, 0.6) is 0 Å². The lowest BCUT2D eigenvalue weighted by atomic mass is 9.94. The summed E-state index contributed by atoms with van der Waals surface area (Å²) in [5.41, 5.74) is -0.947. The third kappa shape index (κ3) is 4.46. The van der Waals surface area contributed by atoms with Crippen molar-refractivity contribution in [2.75, 3.05) is 6.61 Å². The highest BCUT2D eigenvalue weighted by atomic mass is 31.1.